The lowest BCUT2D eigenvalue weighted by Crippen LogP contribution is -1.82. The topological polar surface area (TPSA) is 26.0 Å². The normalized spacial score (nSPS) is 10.4. The van der Waals surface area contributed by atoms with Gasteiger partial charge in [0.05, 0.1) is 5.69 Å². The van der Waals surface area contributed by atoms with Gasteiger partial charge in [0.1, 0.15) is 6.26 Å². The fourth-order valence-corrected chi connectivity index (χ4v) is 1.39. The Hall–Kier alpha value is -1.57. The van der Waals surface area contributed by atoms with Crippen molar-refractivity contribution in [2.24, 2.45) is 0 Å². The molecule has 0 atom stereocenters. The monoisotopic (exact) mass is 187 g/mol. The molecule has 0 saturated heterocycles. The Morgan fingerprint density at radius 2 is 2.00 bits per heavy atom. The van der Waals surface area contributed by atoms with Gasteiger partial charge in [0.15, 0.2) is 0 Å². The lowest BCUT2D eigenvalue weighted by Gasteiger charge is -1.92. The molecule has 0 amide bonds. The maximum atomic E-state index is 5.39. The van der Waals surface area contributed by atoms with Gasteiger partial charge in [-0.1, -0.05) is 31.5 Å². The van der Waals surface area contributed by atoms with Crippen LogP contribution in [0.3, 0.4) is 0 Å². The van der Waals surface area contributed by atoms with E-state index in [0.717, 1.165) is 24.1 Å². The predicted molar refractivity (Wildman–Crippen MR) is 55.9 cm³/mol. The molecule has 0 aliphatic rings. The number of benzene rings is 1. The number of hydrogen-bond donors (Lipinski definition) is 0. The Morgan fingerprint density at radius 1 is 1.21 bits per heavy atom. The molecule has 0 aliphatic heterocycles. The van der Waals surface area contributed by atoms with Crippen molar-refractivity contribution in [1.29, 1.82) is 0 Å². The van der Waals surface area contributed by atoms with Crippen LogP contribution in [0.2, 0.25) is 0 Å². The Balaban J connectivity index is 2.25. The van der Waals surface area contributed by atoms with Crippen LogP contribution in [0.1, 0.15) is 19.0 Å². The molecule has 2 rings (SSSR count). The molecule has 14 heavy (non-hydrogen) atoms. The molecular weight excluding hydrogens is 174 g/mol. The van der Waals surface area contributed by atoms with Gasteiger partial charge >= 0.3 is 0 Å². The second kappa shape index (κ2) is 4.09. The first-order valence-corrected chi connectivity index (χ1v) is 4.90. The molecule has 2 heteroatoms. The van der Waals surface area contributed by atoms with Crippen molar-refractivity contribution >= 4 is 0 Å². The van der Waals surface area contributed by atoms with Crippen molar-refractivity contribution < 1.29 is 4.42 Å². The van der Waals surface area contributed by atoms with Crippen LogP contribution in [0.25, 0.3) is 11.5 Å². The third-order valence-electron chi connectivity index (χ3n) is 2.08. The van der Waals surface area contributed by atoms with Crippen molar-refractivity contribution in [2.75, 3.05) is 0 Å². The summed E-state index contributed by atoms with van der Waals surface area (Å²) in [4.78, 5) is 4.40. The van der Waals surface area contributed by atoms with E-state index in [0.29, 0.717) is 5.89 Å². The third kappa shape index (κ3) is 1.84. The van der Waals surface area contributed by atoms with Crippen molar-refractivity contribution in [3.05, 3.63) is 42.3 Å². The van der Waals surface area contributed by atoms with Crippen molar-refractivity contribution in [1.82, 2.24) is 4.98 Å². The van der Waals surface area contributed by atoms with Crippen LogP contribution < -0.4 is 0 Å². The summed E-state index contributed by atoms with van der Waals surface area (Å²) in [5.41, 5.74) is 2.07. The highest BCUT2D eigenvalue weighted by Crippen LogP contribution is 2.18. The van der Waals surface area contributed by atoms with E-state index >= 15 is 0 Å². The zero-order valence-corrected chi connectivity index (χ0v) is 8.23. The first kappa shape index (κ1) is 9.00. The molecule has 0 radical (unpaired) electrons. The van der Waals surface area contributed by atoms with Crippen molar-refractivity contribution in [2.45, 2.75) is 19.8 Å². The zero-order valence-electron chi connectivity index (χ0n) is 8.23. The van der Waals surface area contributed by atoms with E-state index in [1.807, 2.05) is 30.3 Å². The molecule has 0 saturated carbocycles. The highest BCUT2D eigenvalue weighted by Gasteiger charge is 2.04. The van der Waals surface area contributed by atoms with E-state index in [1.54, 1.807) is 6.26 Å². The van der Waals surface area contributed by atoms with Gasteiger partial charge in [-0.25, -0.2) is 4.98 Å². The SMILES string of the molecule is CCCc1coc(-c2ccccc2)n1. The molecule has 0 unspecified atom stereocenters. The lowest BCUT2D eigenvalue weighted by atomic mass is 10.2. The van der Waals surface area contributed by atoms with E-state index in [1.165, 1.54) is 0 Å². The van der Waals surface area contributed by atoms with Gasteiger partial charge in [0.2, 0.25) is 5.89 Å². The van der Waals surface area contributed by atoms with Gasteiger partial charge in [0, 0.05) is 5.56 Å². The summed E-state index contributed by atoms with van der Waals surface area (Å²) in [7, 11) is 0. The van der Waals surface area contributed by atoms with Crippen LogP contribution in [0.5, 0.6) is 0 Å². The van der Waals surface area contributed by atoms with E-state index in [4.69, 9.17) is 4.42 Å². The summed E-state index contributed by atoms with van der Waals surface area (Å²) >= 11 is 0. The number of aromatic nitrogens is 1. The quantitative estimate of drug-likeness (QED) is 0.736. The maximum absolute atomic E-state index is 5.39. The minimum Gasteiger partial charge on any atom is -0.444 e. The molecular formula is C12H13NO. The highest BCUT2D eigenvalue weighted by molar-refractivity contribution is 5.52. The van der Waals surface area contributed by atoms with E-state index < -0.39 is 0 Å². The van der Waals surface area contributed by atoms with Crippen LogP contribution in [0, 0.1) is 0 Å². The second-order valence-electron chi connectivity index (χ2n) is 3.26. The summed E-state index contributed by atoms with van der Waals surface area (Å²) in [5.74, 6) is 0.717. The molecule has 0 N–H and O–H groups in total. The molecule has 0 spiro atoms. The molecule has 0 bridgehead atoms. The first-order chi connectivity index (χ1) is 6.90. The summed E-state index contributed by atoms with van der Waals surface area (Å²) < 4.78 is 5.39. The predicted octanol–water partition coefficient (Wildman–Crippen LogP) is 3.29. The molecule has 0 aliphatic carbocycles. The standard InChI is InChI=1S/C12H13NO/c1-2-6-11-9-14-12(13-11)10-7-4-3-5-8-10/h3-5,7-9H,2,6H2,1H3. The van der Waals surface area contributed by atoms with Gasteiger partial charge in [-0.15, -0.1) is 0 Å². The Bertz CT molecular complexity index is 392. The second-order valence-corrected chi connectivity index (χ2v) is 3.26. The molecule has 72 valence electrons. The van der Waals surface area contributed by atoms with E-state index in [9.17, 15) is 0 Å². The fraction of sp³-hybridized carbons (Fsp3) is 0.250. The average molecular weight is 187 g/mol. The van der Waals surface area contributed by atoms with Crippen LogP contribution in [-0.2, 0) is 6.42 Å². The van der Waals surface area contributed by atoms with Crippen LogP contribution in [0.4, 0.5) is 0 Å². The number of hydrogen-bond acceptors (Lipinski definition) is 2. The smallest absolute Gasteiger partial charge is 0.226 e. The summed E-state index contributed by atoms with van der Waals surface area (Å²) in [6.07, 6.45) is 3.82. The Morgan fingerprint density at radius 3 is 2.71 bits per heavy atom. The number of oxazole rings is 1. The van der Waals surface area contributed by atoms with Crippen LogP contribution in [-0.4, -0.2) is 4.98 Å². The van der Waals surface area contributed by atoms with Crippen LogP contribution in [0.15, 0.2) is 41.0 Å². The fourth-order valence-electron chi connectivity index (χ4n) is 1.39. The lowest BCUT2D eigenvalue weighted by molar-refractivity contribution is 0.572. The zero-order chi connectivity index (χ0) is 9.80. The number of aryl methyl sites for hydroxylation is 1. The van der Waals surface area contributed by atoms with Gasteiger partial charge in [0.25, 0.3) is 0 Å². The Kier molecular flexibility index (Phi) is 2.63. The van der Waals surface area contributed by atoms with Gasteiger partial charge in [-0.05, 0) is 18.6 Å². The highest BCUT2D eigenvalue weighted by atomic mass is 16.3. The third-order valence-corrected chi connectivity index (χ3v) is 2.08. The molecule has 2 nitrogen and oxygen atoms in total. The largest absolute Gasteiger partial charge is 0.444 e. The molecule has 1 heterocycles. The summed E-state index contributed by atoms with van der Waals surface area (Å²) in [6, 6.07) is 9.96. The van der Waals surface area contributed by atoms with Gasteiger partial charge < -0.3 is 4.42 Å². The van der Waals surface area contributed by atoms with Gasteiger partial charge in [-0.3, -0.25) is 0 Å². The molecule has 2 aromatic rings. The number of nitrogens with zero attached hydrogens (tertiary/aromatic N) is 1. The van der Waals surface area contributed by atoms with E-state index in [-0.39, 0.29) is 0 Å². The summed E-state index contributed by atoms with van der Waals surface area (Å²) in [5, 5.41) is 0. The molecule has 0 fully saturated rings. The molecule has 1 aromatic carbocycles. The van der Waals surface area contributed by atoms with Gasteiger partial charge in [-0.2, -0.15) is 0 Å². The summed E-state index contributed by atoms with van der Waals surface area (Å²) in [6.45, 7) is 2.14. The van der Waals surface area contributed by atoms with Crippen molar-refractivity contribution in [3.63, 3.8) is 0 Å². The van der Waals surface area contributed by atoms with Crippen molar-refractivity contribution in [3.8, 4) is 11.5 Å². The molecule has 1 aromatic heterocycles. The minimum atomic E-state index is 0.717. The average Bonchev–Trinajstić information content (AvgIpc) is 2.68. The van der Waals surface area contributed by atoms with E-state index in [2.05, 4.69) is 11.9 Å². The van der Waals surface area contributed by atoms with Crippen LogP contribution >= 0.6 is 0 Å². The number of rotatable bonds is 3. The maximum Gasteiger partial charge on any atom is 0.226 e. The minimum absolute atomic E-state index is 0.717. The Labute approximate surface area is 83.6 Å². The first-order valence-electron chi connectivity index (χ1n) is 4.90.